The van der Waals surface area contributed by atoms with Crippen LogP contribution in [0.2, 0.25) is 0 Å². The molecule has 0 bridgehead atoms. The van der Waals surface area contributed by atoms with Gasteiger partial charge in [-0.3, -0.25) is 0 Å². The van der Waals surface area contributed by atoms with Gasteiger partial charge in [0.25, 0.3) is 0 Å². The van der Waals surface area contributed by atoms with Crippen molar-refractivity contribution in [1.82, 2.24) is 5.32 Å². The zero-order valence-corrected chi connectivity index (χ0v) is 11.2. The third kappa shape index (κ3) is 4.74. The molecule has 0 aromatic heterocycles. The van der Waals surface area contributed by atoms with Crippen LogP contribution in [0, 0.1) is 11.3 Å². The normalized spacial score (nSPS) is 10.4. The summed E-state index contributed by atoms with van der Waals surface area (Å²) in [5, 5.41) is 12.2. The van der Waals surface area contributed by atoms with Crippen LogP contribution in [-0.2, 0) is 11.3 Å². The number of rotatable bonds is 7. The van der Waals surface area contributed by atoms with Crippen LogP contribution in [0.1, 0.15) is 25.0 Å². The number of nitrogens with one attached hydrogen (secondary N) is 1. The largest absolute Gasteiger partial charge is 0.495 e. The number of methoxy groups -OCH3 is 1. The number of benzene rings is 1. The van der Waals surface area contributed by atoms with Crippen LogP contribution >= 0.6 is 0 Å². The number of hydrogen-bond donors (Lipinski definition) is 1. The first-order valence-corrected chi connectivity index (χ1v) is 6.05. The van der Waals surface area contributed by atoms with Crippen LogP contribution < -0.4 is 10.1 Å². The quantitative estimate of drug-likeness (QED) is 0.751. The molecule has 0 spiro atoms. The standard InChI is InChI=1S/C14H20N2O2/c1-11(2)16-6-7-18-10-12-4-5-14(17-3)13(8-12)9-15/h4-5,8,11,16H,6-7,10H2,1-3H3. The number of ether oxygens (including phenoxy) is 2. The molecule has 0 aliphatic heterocycles. The molecule has 1 aromatic carbocycles. The van der Waals surface area contributed by atoms with Gasteiger partial charge in [0.05, 0.1) is 25.9 Å². The highest BCUT2D eigenvalue weighted by Crippen LogP contribution is 2.19. The van der Waals surface area contributed by atoms with E-state index < -0.39 is 0 Å². The van der Waals surface area contributed by atoms with Crippen LogP contribution in [0.5, 0.6) is 5.75 Å². The predicted octanol–water partition coefficient (Wildman–Crippen LogP) is 2.08. The fourth-order valence-corrected chi connectivity index (χ4v) is 1.54. The maximum Gasteiger partial charge on any atom is 0.136 e. The molecule has 0 unspecified atom stereocenters. The van der Waals surface area contributed by atoms with E-state index in [0.29, 0.717) is 30.6 Å². The number of nitrogens with zero attached hydrogens (tertiary/aromatic N) is 1. The lowest BCUT2D eigenvalue weighted by Gasteiger charge is -2.09. The van der Waals surface area contributed by atoms with Crippen molar-refractivity contribution in [2.75, 3.05) is 20.3 Å². The first kappa shape index (κ1) is 14.5. The lowest BCUT2D eigenvalue weighted by molar-refractivity contribution is 0.121. The summed E-state index contributed by atoms with van der Waals surface area (Å²) in [6.45, 7) is 6.20. The Hall–Kier alpha value is -1.57. The molecule has 0 saturated carbocycles. The fraction of sp³-hybridized carbons (Fsp3) is 0.500. The summed E-state index contributed by atoms with van der Waals surface area (Å²) in [5.41, 5.74) is 1.52. The average Bonchev–Trinajstić information content (AvgIpc) is 2.37. The van der Waals surface area contributed by atoms with Gasteiger partial charge >= 0.3 is 0 Å². The van der Waals surface area contributed by atoms with Crippen molar-refractivity contribution in [2.45, 2.75) is 26.5 Å². The molecule has 0 saturated heterocycles. The lowest BCUT2D eigenvalue weighted by atomic mass is 10.1. The Morgan fingerprint density at radius 1 is 1.39 bits per heavy atom. The molecule has 0 atom stereocenters. The van der Waals surface area contributed by atoms with Crippen molar-refractivity contribution in [1.29, 1.82) is 5.26 Å². The molecular formula is C14H20N2O2. The van der Waals surface area contributed by atoms with Gasteiger partial charge in [-0.2, -0.15) is 5.26 Å². The van der Waals surface area contributed by atoms with Gasteiger partial charge in [0.15, 0.2) is 0 Å². The predicted molar refractivity (Wildman–Crippen MR) is 70.5 cm³/mol. The Bertz CT molecular complexity index is 411. The maximum atomic E-state index is 8.96. The molecule has 1 rings (SSSR count). The Kier molecular flexibility index (Phi) is 6.20. The second-order valence-electron chi connectivity index (χ2n) is 4.31. The summed E-state index contributed by atoms with van der Waals surface area (Å²) in [7, 11) is 1.56. The van der Waals surface area contributed by atoms with E-state index >= 15 is 0 Å². The maximum absolute atomic E-state index is 8.96. The van der Waals surface area contributed by atoms with E-state index in [9.17, 15) is 0 Å². The smallest absolute Gasteiger partial charge is 0.136 e. The second kappa shape index (κ2) is 7.70. The molecule has 98 valence electrons. The zero-order chi connectivity index (χ0) is 13.4. The molecule has 0 amide bonds. The molecule has 4 nitrogen and oxygen atoms in total. The van der Waals surface area contributed by atoms with Crippen molar-refractivity contribution in [3.05, 3.63) is 29.3 Å². The van der Waals surface area contributed by atoms with Crippen molar-refractivity contribution < 1.29 is 9.47 Å². The van der Waals surface area contributed by atoms with E-state index in [1.165, 1.54) is 0 Å². The molecule has 1 N–H and O–H groups in total. The van der Waals surface area contributed by atoms with Crippen LogP contribution in [0.4, 0.5) is 0 Å². The van der Waals surface area contributed by atoms with Crippen molar-refractivity contribution >= 4 is 0 Å². The van der Waals surface area contributed by atoms with Gasteiger partial charge in [-0.25, -0.2) is 0 Å². The molecule has 0 heterocycles. The Morgan fingerprint density at radius 3 is 2.78 bits per heavy atom. The zero-order valence-electron chi connectivity index (χ0n) is 11.2. The first-order chi connectivity index (χ1) is 8.67. The van der Waals surface area contributed by atoms with Gasteiger partial charge < -0.3 is 14.8 Å². The molecule has 0 aliphatic rings. The molecular weight excluding hydrogens is 228 g/mol. The van der Waals surface area contributed by atoms with Gasteiger partial charge in [-0.05, 0) is 17.7 Å². The minimum Gasteiger partial charge on any atom is -0.495 e. The third-order valence-electron chi connectivity index (χ3n) is 2.45. The highest BCUT2D eigenvalue weighted by molar-refractivity contribution is 5.45. The van der Waals surface area contributed by atoms with E-state index in [1.54, 1.807) is 19.2 Å². The molecule has 0 radical (unpaired) electrons. The van der Waals surface area contributed by atoms with Crippen LogP contribution in [0.25, 0.3) is 0 Å². The molecule has 4 heteroatoms. The molecule has 1 aromatic rings. The first-order valence-electron chi connectivity index (χ1n) is 6.05. The summed E-state index contributed by atoms with van der Waals surface area (Å²) >= 11 is 0. The SMILES string of the molecule is COc1ccc(COCCNC(C)C)cc1C#N. The van der Waals surface area contributed by atoms with E-state index in [-0.39, 0.29) is 0 Å². The fourth-order valence-electron chi connectivity index (χ4n) is 1.54. The van der Waals surface area contributed by atoms with E-state index in [2.05, 4.69) is 25.2 Å². The van der Waals surface area contributed by atoms with E-state index in [1.807, 2.05) is 6.07 Å². The highest BCUT2D eigenvalue weighted by atomic mass is 16.5. The summed E-state index contributed by atoms with van der Waals surface area (Å²) in [4.78, 5) is 0. The van der Waals surface area contributed by atoms with Crippen LogP contribution in [0.15, 0.2) is 18.2 Å². The van der Waals surface area contributed by atoms with Gasteiger partial charge in [0, 0.05) is 12.6 Å². The summed E-state index contributed by atoms with van der Waals surface area (Å²) in [5.74, 6) is 0.600. The summed E-state index contributed by atoms with van der Waals surface area (Å²) < 4.78 is 10.6. The minimum atomic E-state index is 0.472. The van der Waals surface area contributed by atoms with Crippen molar-refractivity contribution in [3.63, 3.8) is 0 Å². The van der Waals surface area contributed by atoms with Gasteiger partial charge in [-0.1, -0.05) is 19.9 Å². The van der Waals surface area contributed by atoms with Gasteiger partial charge in [-0.15, -0.1) is 0 Å². The third-order valence-corrected chi connectivity index (χ3v) is 2.45. The Labute approximate surface area is 109 Å². The van der Waals surface area contributed by atoms with Gasteiger partial charge in [0.1, 0.15) is 11.8 Å². The highest BCUT2D eigenvalue weighted by Gasteiger charge is 2.03. The summed E-state index contributed by atoms with van der Waals surface area (Å²) in [6.07, 6.45) is 0. The molecule has 0 fully saturated rings. The van der Waals surface area contributed by atoms with Crippen molar-refractivity contribution in [3.8, 4) is 11.8 Å². The minimum absolute atomic E-state index is 0.472. The van der Waals surface area contributed by atoms with Crippen molar-refractivity contribution in [2.24, 2.45) is 0 Å². The number of nitriles is 1. The summed E-state index contributed by atoms with van der Waals surface area (Å²) in [6, 6.07) is 8.09. The molecule has 18 heavy (non-hydrogen) atoms. The van der Waals surface area contributed by atoms with E-state index in [4.69, 9.17) is 14.7 Å². The van der Waals surface area contributed by atoms with E-state index in [0.717, 1.165) is 12.1 Å². The molecule has 0 aliphatic carbocycles. The lowest BCUT2D eigenvalue weighted by Crippen LogP contribution is -2.26. The Morgan fingerprint density at radius 2 is 2.17 bits per heavy atom. The van der Waals surface area contributed by atoms with Crippen LogP contribution in [-0.4, -0.2) is 26.3 Å². The topological polar surface area (TPSA) is 54.3 Å². The second-order valence-corrected chi connectivity index (χ2v) is 4.31. The Balaban J connectivity index is 2.41. The average molecular weight is 248 g/mol. The number of hydrogen-bond acceptors (Lipinski definition) is 4. The monoisotopic (exact) mass is 248 g/mol. The van der Waals surface area contributed by atoms with Crippen LogP contribution in [0.3, 0.4) is 0 Å². The van der Waals surface area contributed by atoms with Gasteiger partial charge in [0.2, 0.25) is 0 Å².